The minimum atomic E-state index is -0.486. The lowest BCUT2D eigenvalue weighted by Gasteiger charge is -2.32. The number of fused-ring (bicyclic) bond motifs is 15. The van der Waals surface area contributed by atoms with E-state index in [1.54, 1.807) is 18.5 Å². The van der Waals surface area contributed by atoms with Crippen molar-refractivity contribution in [2.75, 3.05) is 4.90 Å². The Bertz CT molecular complexity index is 3160. The van der Waals surface area contributed by atoms with Gasteiger partial charge in [-0.05, 0) is 115 Å². The maximum Gasteiger partial charge on any atom is 0.200 e. The predicted molar refractivity (Wildman–Crippen MR) is 226 cm³/mol. The van der Waals surface area contributed by atoms with E-state index in [4.69, 9.17) is 4.42 Å². The van der Waals surface area contributed by atoms with E-state index in [0.717, 1.165) is 17.1 Å². The van der Waals surface area contributed by atoms with E-state index in [1.807, 2.05) is 12.1 Å². The van der Waals surface area contributed by atoms with Crippen molar-refractivity contribution in [3.8, 4) is 33.4 Å². The Labute approximate surface area is 324 Å². The van der Waals surface area contributed by atoms with Crippen molar-refractivity contribution in [3.05, 3.63) is 214 Å². The van der Waals surface area contributed by atoms with E-state index in [2.05, 4.69) is 163 Å². The summed E-state index contributed by atoms with van der Waals surface area (Å²) in [5.74, 6) is 0. The van der Waals surface area contributed by atoms with Crippen LogP contribution in [-0.4, -0.2) is 4.98 Å². The molecule has 4 nitrogen and oxygen atoms in total. The van der Waals surface area contributed by atoms with E-state index in [1.165, 1.54) is 66.8 Å². The fraction of sp³-hybridized carbons (Fsp3) is 0.0769. The van der Waals surface area contributed by atoms with Crippen molar-refractivity contribution in [2.45, 2.75) is 24.7 Å². The minimum Gasteiger partial charge on any atom is -0.454 e. The van der Waals surface area contributed by atoms with E-state index in [0.29, 0.717) is 21.9 Å². The van der Waals surface area contributed by atoms with Crippen LogP contribution in [0.25, 0.3) is 55.3 Å². The lowest BCUT2D eigenvalue weighted by molar-refractivity contribution is 0.658. The van der Waals surface area contributed by atoms with E-state index < -0.39 is 5.41 Å². The Kier molecular flexibility index (Phi) is 6.16. The quantitative estimate of drug-likeness (QED) is 0.171. The fourth-order valence-electron chi connectivity index (χ4n) is 10.3. The predicted octanol–water partition coefficient (Wildman–Crippen LogP) is 12.5. The van der Waals surface area contributed by atoms with Gasteiger partial charge in [-0.2, -0.15) is 0 Å². The van der Waals surface area contributed by atoms with Gasteiger partial charge in [-0.25, -0.2) is 0 Å². The highest BCUT2D eigenvalue weighted by Crippen LogP contribution is 2.63. The van der Waals surface area contributed by atoms with Crippen LogP contribution in [0.1, 0.15) is 47.2 Å². The van der Waals surface area contributed by atoms with E-state index in [9.17, 15) is 4.79 Å². The molecule has 12 rings (SSSR count). The number of rotatable bonds is 3. The average molecular weight is 719 g/mol. The van der Waals surface area contributed by atoms with Gasteiger partial charge < -0.3 is 9.32 Å². The third-order valence-electron chi connectivity index (χ3n) is 12.8. The lowest BCUT2D eigenvalue weighted by atomic mass is 9.70. The molecule has 0 saturated heterocycles. The van der Waals surface area contributed by atoms with Gasteiger partial charge >= 0.3 is 0 Å². The summed E-state index contributed by atoms with van der Waals surface area (Å²) >= 11 is 0. The van der Waals surface area contributed by atoms with Crippen LogP contribution >= 0.6 is 0 Å². The summed E-state index contributed by atoms with van der Waals surface area (Å²) in [6.45, 7) is 4.64. The first-order chi connectivity index (χ1) is 27.4. The molecule has 0 radical (unpaired) electrons. The monoisotopic (exact) mass is 718 g/mol. The zero-order valence-electron chi connectivity index (χ0n) is 30.9. The normalized spacial score (nSPS) is 14.6. The molecule has 0 fully saturated rings. The molecule has 0 amide bonds. The first-order valence-electron chi connectivity index (χ1n) is 19.2. The third kappa shape index (κ3) is 3.93. The molecule has 0 bridgehead atoms. The molecule has 2 aromatic heterocycles. The van der Waals surface area contributed by atoms with E-state index in [-0.39, 0.29) is 10.8 Å². The van der Waals surface area contributed by atoms with Gasteiger partial charge in [0.1, 0.15) is 5.58 Å². The molecule has 4 heteroatoms. The van der Waals surface area contributed by atoms with Crippen molar-refractivity contribution in [1.82, 2.24) is 4.98 Å². The Morgan fingerprint density at radius 3 is 1.57 bits per heavy atom. The number of benzene rings is 7. The van der Waals surface area contributed by atoms with Crippen molar-refractivity contribution in [2.24, 2.45) is 0 Å². The number of hydrogen-bond acceptors (Lipinski definition) is 4. The Morgan fingerprint density at radius 2 is 0.946 bits per heavy atom. The van der Waals surface area contributed by atoms with Gasteiger partial charge in [0.15, 0.2) is 5.58 Å². The summed E-state index contributed by atoms with van der Waals surface area (Å²) in [5, 5.41) is 1.05. The van der Waals surface area contributed by atoms with Crippen LogP contribution in [0.2, 0.25) is 0 Å². The summed E-state index contributed by atoms with van der Waals surface area (Å²) in [6.07, 6.45) is 3.25. The standard InChI is InChI=1S/C52H34N2O2/c1-51(2)42-15-7-3-11-34(42)38-22-19-32(28-46(38)51)54(31-21-24-48-41(27-31)50(55)40-25-26-53-30-49(40)56-48)33-20-23-39-37-14-6-10-18-45(37)52(47(39)29-33)43-16-8-4-12-35(43)36-13-5-9-17-44(36)52/h3-30H,1-2H3. The molecule has 0 N–H and O–H groups in total. The molecule has 7 aromatic carbocycles. The SMILES string of the molecule is CC1(C)c2ccccc2-c2ccc(N(c3ccc4c(c3)C3(c5ccccc5-c5ccccc53)c3ccccc3-4)c3ccc4oc5cnccc5c(=O)c4c3)cc21. The Morgan fingerprint density at radius 1 is 0.464 bits per heavy atom. The zero-order chi connectivity index (χ0) is 37.3. The van der Waals surface area contributed by atoms with Crippen molar-refractivity contribution in [1.29, 1.82) is 0 Å². The number of pyridine rings is 1. The van der Waals surface area contributed by atoms with Gasteiger partial charge in [0.2, 0.25) is 5.43 Å². The maximum absolute atomic E-state index is 14.1. The first-order valence-corrected chi connectivity index (χ1v) is 19.2. The van der Waals surface area contributed by atoms with Crippen LogP contribution in [0.3, 0.4) is 0 Å². The average Bonchev–Trinajstić information content (AvgIpc) is 3.80. The van der Waals surface area contributed by atoms with Crippen LogP contribution in [0.15, 0.2) is 179 Å². The van der Waals surface area contributed by atoms with Gasteiger partial charge in [-0.1, -0.05) is 123 Å². The summed E-state index contributed by atoms with van der Waals surface area (Å²) in [6, 6.07) is 57.0. The lowest BCUT2D eigenvalue weighted by Crippen LogP contribution is -2.26. The van der Waals surface area contributed by atoms with Gasteiger partial charge in [0.05, 0.1) is 22.4 Å². The van der Waals surface area contributed by atoms with Gasteiger partial charge in [0.25, 0.3) is 0 Å². The van der Waals surface area contributed by atoms with Gasteiger partial charge in [-0.15, -0.1) is 0 Å². The highest BCUT2D eigenvalue weighted by Gasteiger charge is 2.51. The van der Waals surface area contributed by atoms with Gasteiger partial charge in [-0.3, -0.25) is 9.78 Å². The molecule has 264 valence electrons. The molecule has 0 saturated carbocycles. The van der Waals surface area contributed by atoms with E-state index >= 15 is 0 Å². The molecule has 3 aliphatic rings. The fourth-order valence-corrected chi connectivity index (χ4v) is 10.3. The van der Waals surface area contributed by atoms with Crippen LogP contribution in [0.4, 0.5) is 17.1 Å². The van der Waals surface area contributed by atoms with Crippen molar-refractivity contribution < 1.29 is 4.42 Å². The number of aromatic nitrogens is 1. The Hall–Kier alpha value is -7.04. The minimum absolute atomic E-state index is 0.0708. The highest BCUT2D eigenvalue weighted by molar-refractivity contribution is 5.98. The molecule has 3 aliphatic carbocycles. The third-order valence-corrected chi connectivity index (χ3v) is 12.8. The first kappa shape index (κ1) is 31.3. The smallest absolute Gasteiger partial charge is 0.200 e. The molecule has 0 atom stereocenters. The maximum atomic E-state index is 14.1. The van der Waals surface area contributed by atoms with Gasteiger partial charge in [0, 0.05) is 28.7 Å². The molecule has 0 unspecified atom stereocenters. The summed E-state index contributed by atoms with van der Waals surface area (Å²) in [5.41, 5.74) is 18.6. The van der Waals surface area contributed by atoms with Crippen LogP contribution in [-0.2, 0) is 10.8 Å². The van der Waals surface area contributed by atoms with Crippen molar-refractivity contribution >= 4 is 39.0 Å². The molecule has 56 heavy (non-hydrogen) atoms. The number of anilines is 3. The molecule has 9 aromatic rings. The van der Waals surface area contributed by atoms with Crippen LogP contribution in [0.5, 0.6) is 0 Å². The number of hydrogen-bond donors (Lipinski definition) is 0. The summed E-state index contributed by atoms with van der Waals surface area (Å²) in [4.78, 5) is 20.6. The number of nitrogens with zero attached hydrogens (tertiary/aromatic N) is 2. The molecular formula is C52H34N2O2. The molecule has 0 aliphatic heterocycles. The largest absolute Gasteiger partial charge is 0.454 e. The zero-order valence-corrected chi connectivity index (χ0v) is 30.9. The summed E-state index contributed by atoms with van der Waals surface area (Å²) in [7, 11) is 0. The van der Waals surface area contributed by atoms with Crippen molar-refractivity contribution in [3.63, 3.8) is 0 Å². The molecule has 2 heterocycles. The second-order valence-corrected chi connectivity index (χ2v) is 15.8. The van der Waals surface area contributed by atoms with Crippen LogP contribution < -0.4 is 10.3 Å². The van der Waals surface area contributed by atoms with Crippen LogP contribution in [0, 0.1) is 0 Å². The molecular weight excluding hydrogens is 685 g/mol. The highest BCUT2D eigenvalue weighted by atomic mass is 16.3. The Balaban J connectivity index is 1.14. The second kappa shape index (κ2) is 11.0. The molecule has 1 spiro atoms. The summed E-state index contributed by atoms with van der Waals surface area (Å²) < 4.78 is 6.24. The second-order valence-electron chi connectivity index (χ2n) is 15.8. The topological polar surface area (TPSA) is 46.3 Å².